The van der Waals surface area contributed by atoms with Crippen molar-refractivity contribution in [3.05, 3.63) is 29.8 Å². The van der Waals surface area contributed by atoms with Crippen molar-refractivity contribution in [1.29, 1.82) is 0 Å². The van der Waals surface area contributed by atoms with Gasteiger partial charge in [-0.15, -0.1) is 0 Å². The summed E-state index contributed by atoms with van der Waals surface area (Å²) in [6.07, 6.45) is 6.26. The van der Waals surface area contributed by atoms with Crippen LogP contribution in [0.15, 0.2) is 34.2 Å². The first-order chi connectivity index (χ1) is 11.0. The van der Waals surface area contributed by atoms with Crippen molar-refractivity contribution in [1.82, 2.24) is 15.4 Å². The average molecular weight is 338 g/mol. The van der Waals surface area contributed by atoms with E-state index in [-0.39, 0.29) is 4.90 Å². The fourth-order valence-electron chi connectivity index (χ4n) is 2.73. The summed E-state index contributed by atoms with van der Waals surface area (Å²) in [4.78, 5) is 4.53. The van der Waals surface area contributed by atoms with E-state index >= 15 is 0 Å². The molecule has 1 saturated carbocycles. The molecule has 2 rings (SSSR count). The molecule has 1 aromatic rings. The predicted molar refractivity (Wildman–Crippen MR) is 92.9 cm³/mol. The monoisotopic (exact) mass is 338 g/mol. The second-order valence-corrected chi connectivity index (χ2v) is 7.64. The summed E-state index contributed by atoms with van der Waals surface area (Å²) < 4.78 is 25.7. The molecule has 1 fully saturated rings. The van der Waals surface area contributed by atoms with E-state index in [2.05, 4.69) is 20.3 Å². The lowest BCUT2D eigenvalue weighted by molar-refractivity contribution is 0.410. The molecule has 0 bridgehead atoms. The number of nitrogens with zero attached hydrogens (tertiary/aromatic N) is 1. The molecule has 3 N–H and O–H groups in total. The van der Waals surface area contributed by atoms with Crippen LogP contribution in [0.5, 0.6) is 0 Å². The Bertz CT molecular complexity index is 620. The number of hydrogen-bond donors (Lipinski definition) is 3. The maximum absolute atomic E-state index is 11.7. The highest BCUT2D eigenvalue weighted by Crippen LogP contribution is 2.17. The Morgan fingerprint density at radius 2 is 1.83 bits per heavy atom. The summed E-state index contributed by atoms with van der Waals surface area (Å²) in [5.41, 5.74) is 1.01. The minimum absolute atomic E-state index is 0.272. The number of hydrogen-bond acceptors (Lipinski definition) is 3. The minimum atomic E-state index is -3.38. The fourth-order valence-corrected chi connectivity index (χ4v) is 3.46. The topological polar surface area (TPSA) is 82.6 Å². The summed E-state index contributed by atoms with van der Waals surface area (Å²) in [5.74, 6) is 0.795. The SMILES string of the molecule is CN=C(NCc1ccc(S(=O)(=O)NC)cc1)NC1CCCCC1. The van der Waals surface area contributed by atoms with E-state index in [1.165, 1.54) is 39.2 Å². The van der Waals surface area contributed by atoms with Crippen LogP contribution >= 0.6 is 0 Å². The molecule has 0 spiro atoms. The third kappa shape index (κ3) is 5.21. The lowest BCUT2D eigenvalue weighted by Gasteiger charge is -2.24. The standard InChI is InChI=1S/C16H26N4O2S/c1-17-16(20-14-6-4-3-5-7-14)19-12-13-8-10-15(11-9-13)23(21,22)18-2/h8-11,14,18H,3-7,12H2,1-2H3,(H2,17,19,20). The number of aliphatic imine (C=N–C) groups is 1. The molecule has 0 saturated heterocycles. The first-order valence-corrected chi connectivity index (χ1v) is 9.53. The zero-order chi connectivity index (χ0) is 16.7. The van der Waals surface area contributed by atoms with Gasteiger partial charge in [-0.3, -0.25) is 4.99 Å². The van der Waals surface area contributed by atoms with Crippen molar-refractivity contribution in [2.45, 2.75) is 49.6 Å². The molecule has 1 aliphatic carbocycles. The predicted octanol–water partition coefficient (Wildman–Crippen LogP) is 1.59. The first kappa shape index (κ1) is 17.7. The highest BCUT2D eigenvalue weighted by Gasteiger charge is 2.14. The summed E-state index contributed by atoms with van der Waals surface area (Å²) in [7, 11) is -0.203. The summed E-state index contributed by atoms with van der Waals surface area (Å²) in [6.45, 7) is 0.603. The van der Waals surface area contributed by atoms with Crippen LogP contribution in [-0.4, -0.2) is 34.5 Å². The Labute approximate surface area is 138 Å². The lowest BCUT2D eigenvalue weighted by Crippen LogP contribution is -2.43. The molecular weight excluding hydrogens is 312 g/mol. The van der Waals surface area contributed by atoms with Gasteiger partial charge in [0.25, 0.3) is 0 Å². The third-order valence-electron chi connectivity index (χ3n) is 4.13. The number of rotatable bonds is 5. The second-order valence-electron chi connectivity index (χ2n) is 5.76. The number of guanidine groups is 1. The van der Waals surface area contributed by atoms with Crippen molar-refractivity contribution < 1.29 is 8.42 Å². The molecule has 0 heterocycles. The van der Waals surface area contributed by atoms with Crippen LogP contribution in [-0.2, 0) is 16.6 Å². The van der Waals surface area contributed by atoms with Crippen molar-refractivity contribution in [2.75, 3.05) is 14.1 Å². The van der Waals surface area contributed by atoms with E-state index in [4.69, 9.17) is 0 Å². The Kier molecular flexibility index (Phi) is 6.41. The van der Waals surface area contributed by atoms with Gasteiger partial charge in [0.15, 0.2) is 5.96 Å². The molecule has 0 amide bonds. The van der Waals surface area contributed by atoms with Gasteiger partial charge >= 0.3 is 0 Å². The van der Waals surface area contributed by atoms with E-state index in [9.17, 15) is 8.42 Å². The van der Waals surface area contributed by atoms with Crippen LogP contribution < -0.4 is 15.4 Å². The number of benzene rings is 1. The number of sulfonamides is 1. The van der Waals surface area contributed by atoms with Crippen LogP contribution in [0.3, 0.4) is 0 Å². The summed E-state index contributed by atoms with van der Waals surface area (Å²) in [5, 5.41) is 6.73. The summed E-state index contributed by atoms with van der Waals surface area (Å²) in [6, 6.07) is 7.34. The summed E-state index contributed by atoms with van der Waals surface area (Å²) >= 11 is 0. The normalized spacial score (nSPS) is 17.0. The highest BCUT2D eigenvalue weighted by atomic mass is 32.2. The van der Waals surface area contributed by atoms with Crippen molar-refractivity contribution in [2.24, 2.45) is 4.99 Å². The van der Waals surface area contributed by atoms with Crippen LogP contribution in [0.25, 0.3) is 0 Å². The van der Waals surface area contributed by atoms with Gasteiger partial charge in [-0.1, -0.05) is 31.4 Å². The average Bonchev–Trinajstić information content (AvgIpc) is 2.60. The van der Waals surface area contributed by atoms with Gasteiger partial charge in [-0.2, -0.15) is 0 Å². The van der Waals surface area contributed by atoms with E-state index in [0.29, 0.717) is 12.6 Å². The van der Waals surface area contributed by atoms with Crippen LogP contribution in [0.2, 0.25) is 0 Å². The van der Waals surface area contributed by atoms with Gasteiger partial charge in [0.1, 0.15) is 0 Å². The Morgan fingerprint density at radius 3 is 2.39 bits per heavy atom. The Morgan fingerprint density at radius 1 is 1.17 bits per heavy atom. The zero-order valence-corrected chi connectivity index (χ0v) is 14.6. The van der Waals surface area contributed by atoms with Gasteiger partial charge in [0, 0.05) is 19.6 Å². The minimum Gasteiger partial charge on any atom is -0.354 e. The molecule has 1 aromatic carbocycles. The molecule has 7 heteroatoms. The molecule has 0 unspecified atom stereocenters. The van der Waals surface area contributed by atoms with E-state index in [1.807, 2.05) is 12.1 Å². The van der Waals surface area contributed by atoms with Gasteiger partial charge < -0.3 is 10.6 Å². The zero-order valence-electron chi connectivity index (χ0n) is 13.8. The molecule has 0 atom stereocenters. The first-order valence-electron chi connectivity index (χ1n) is 8.05. The molecular formula is C16H26N4O2S. The van der Waals surface area contributed by atoms with Crippen molar-refractivity contribution in [3.8, 4) is 0 Å². The molecule has 128 valence electrons. The smallest absolute Gasteiger partial charge is 0.240 e. The highest BCUT2D eigenvalue weighted by molar-refractivity contribution is 7.89. The second kappa shape index (κ2) is 8.31. The Balaban J connectivity index is 1.89. The van der Waals surface area contributed by atoms with Crippen molar-refractivity contribution >= 4 is 16.0 Å². The van der Waals surface area contributed by atoms with Crippen LogP contribution in [0.4, 0.5) is 0 Å². The molecule has 0 aromatic heterocycles. The number of nitrogens with one attached hydrogen (secondary N) is 3. The maximum Gasteiger partial charge on any atom is 0.240 e. The van der Waals surface area contributed by atoms with Gasteiger partial charge in [-0.25, -0.2) is 13.1 Å². The van der Waals surface area contributed by atoms with Gasteiger partial charge in [0.2, 0.25) is 10.0 Å². The molecule has 0 aliphatic heterocycles. The van der Waals surface area contributed by atoms with Gasteiger partial charge in [0.05, 0.1) is 4.90 Å². The quantitative estimate of drug-likeness (QED) is 0.562. The van der Waals surface area contributed by atoms with Crippen LogP contribution in [0, 0.1) is 0 Å². The van der Waals surface area contributed by atoms with E-state index < -0.39 is 10.0 Å². The third-order valence-corrected chi connectivity index (χ3v) is 5.56. The molecule has 23 heavy (non-hydrogen) atoms. The van der Waals surface area contributed by atoms with E-state index in [1.54, 1.807) is 19.2 Å². The van der Waals surface area contributed by atoms with Gasteiger partial charge in [-0.05, 0) is 37.6 Å². The van der Waals surface area contributed by atoms with E-state index in [0.717, 1.165) is 11.5 Å². The molecule has 0 radical (unpaired) electrons. The van der Waals surface area contributed by atoms with Crippen molar-refractivity contribution in [3.63, 3.8) is 0 Å². The van der Waals surface area contributed by atoms with Crippen LogP contribution in [0.1, 0.15) is 37.7 Å². The lowest BCUT2D eigenvalue weighted by atomic mass is 9.96. The Hall–Kier alpha value is -1.60. The fraction of sp³-hybridized carbons (Fsp3) is 0.562. The molecule has 1 aliphatic rings. The molecule has 6 nitrogen and oxygen atoms in total. The largest absolute Gasteiger partial charge is 0.354 e. The maximum atomic E-state index is 11.7.